The van der Waals surface area contributed by atoms with E-state index in [1.807, 2.05) is 6.92 Å². The van der Waals surface area contributed by atoms with Crippen LogP contribution in [0.15, 0.2) is 30.5 Å². The smallest absolute Gasteiger partial charge is 0.310 e. The summed E-state index contributed by atoms with van der Waals surface area (Å²) >= 11 is 0. The molecule has 11 rings (SSSR count). The number of ether oxygens (including phenoxy) is 2. The molecule has 422 valence electrons. The Balaban J connectivity index is 1.12. The third kappa shape index (κ3) is 7.25. The number of H-pyrrole nitrogens is 2. The number of hydrogen-bond acceptors (Lipinski definition) is 17. The minimum Gasteiger partial charge on any atom is -0.481 e. The van der Waals surface area contributed by atoms with Crippen LogP contribution in [0.2, 0.25) is 0 Å². The second kappa shape index (κ2) is 19.0. The fourth-order valence-corrected chi connectivity index (χ4v) is 20.2. The number of carboxylic acid groups (broad SMARTS) is 1. The van der Waals surface area contributed by atoms with Gasteiger partial charge in [0.25, 0.3) is 0 Å². The predicted molar refractivity (Wildman–Crippen MR) is 271 cm³/mol. The van der Waals surface area contributed by atoms with E-state index in [0.29, 0.717) is 69.4 Å². The number of carbonyl (C=O) groups is 2. The summed E-state index contributed by atoms with van der Waals surface area (Å²) in [6.07, 6.45) is 1.08. The second-order valence-corrected chi connectivity index (χ2v) is 26.3. The Morgan fingerprint density at radius 3 is 2.42 bits per heavy atom. The minimum absolute atomic E-state index is 0.0777. The van der Waals surface area contributed by atoms with Gasteiger partial charge in [-0.05, 0) is 121 Å². The zero-order valence-electron chi connectivity index (χ0n) is 44.2. The van der Waals surface area contributed by atoms with Crippen LogP contribution >= 0.6 is 0 Å². The van der Waals surface area contributed by atoms with E-state index < -0.39 is 154 Å². The van der Waals surface area contributed by atoms with E-state index in [0.717, 1.165) is 24.1 Å². The summed E-state index contributed by atoms with van der Waals surface area (Å²) in [5.41, 5.74) is 2.66. The molecule has 3 aliphatic heterocycles. The van der Waals surface area contributed by atoms with Gasteiger partial charge in [0.05, 0.1) is 67.8 Å². The molecule has 2 saturated heterocycles. The number of aliphatic hydroxyl groups is 9. The van der Waals surface area contributed by atoms with Gasteiger partial charge in [0.1, 0.15) is 30.4 Å². The van der Waals surface area contributed by atoms with Crippen LogP contribution in [0.1, 0.15) is 116 Å². The van der Waals surface area contributed by atoms with Gasteiger partial charge < -0.3 is 86.9 Å². The number of nitrogens with zero attached hydrogens (tertiary/aromatic N) is 2. The molecule has 24 unspecified atom stereocenters. The highest BCUT2D eigenvalue weighted by Gasteiger charge is 2.82. The van der Waals surface area contributed by atoms with E-state index in [2.05, 4.69) is 52.4 Å². The maximum absolute atomic E-state index is 14.5. The van der Waals surface area contributed by atoms with Crippen molar-refractivity contribution in [3.05, 3.63) is 41.9 Å². The number of imidazole rings is 2. The van der Waals surface area contributed by atoms with Crippen LogP contribution in [0, 0.1) is 79.3 Å². The Morgan fingerprint density at radius 1 is 0.961 bits per heavy atom. The maximum Gasteiger partial charge on any atom is 0.310 e. The van der Waals surface area contributed by atoms with Crippen molar-refractivity contribution in [2.24, 2.45) is 85.1 Å². The highest BCUT2D eigenvalue weighted by Crippen LogP contribution is 2.86. The van der Waals surface area contributed by atoms with Gasteiger partial charge in [-0.25, -0.2) is 9.97 Å². The van der Waals surface area contributed by atoms with Gasteiger partial charge >= 0.3 is 5.97 Å². The molecule has 2 aromatic heterocycles. The number of aromatic amines is 2. The highest BCUT2D eigenvalue weighted by atomic mass is 16.7. The van der Waals surface area contributed by atoms with Crippen molar-refractivity contribution in [2.45, 2.75) is 166 Å². The van der Waals surface area contributed by atoms with Crippen LogP contribution in [0.4, 0.5) is 5.82 Å². The van der Waals surface area contributed by atoms with E-state index in [9.17, 15) is 60.7 Å². The van der Waals surface area contributed by atoms with Crippen molar-refractivity contribution in [2.75, 3.05) is 38.3 Å². The van der Waals surface area contributed by atoms with E-state index in [4.69, 9.17) is 20.2 Å². The molecular formula is C55H83N7O14. The number of nitrogens with one attached hydrogen (secondary N) is 4. The molecular weight excluding hydrogens is 983 g/mol. The van der Waals surface area contributed by atoms with E-state index in [1.54, 1.807) is 6.33 Å². The molecule has 76 heavy (non-hydrogen) atoms. The van der Waals surface area contributed by atoms with Gasteiger partial charge in [0.15, 0.2) is 6.29 Å². The number of fused-ring (bicyclic) bond motifs is 6. The molecule has 5 saturated carbocycles. The zero-order valence-corrected chi connectivity index (χ0v) is 44.2. The Bertz CT molecular complexity index is 2530. The van der Waals surface area contributed by atoms with Crippen LogP contribution in [0.25, 0.3) is 0 Å². The first kappa shape index (κ1) is 54.4. The van der Waals surface area contributed by atoms with Crippen LogP contribution in [0.3, 0.4) is 0 Å². The van der Waals surface area contributed by atoms with E-state index in [-0.39, 0.29) is 37.9 Å². The number of rotatable bonds is 13. The number of aliphatic hydroxyl groups excluding tert-OH is 9. The first-order chi connectivity index (χ1) is 36.1. The normalized spacial score (nSPS) is 48.7. The quantitative estimate of drug-likeness (QED) is 0.0751. The molecule has 7 fully saturated rings. The SMILES string of the molecule is CC1(CO)CCC2(C(=O)O)C(C1)C1=CCC34CCCC1(C1Cc5[nH]cnc5NCC12)C3(C)CCC1C(C)(CO)C(OC2OCC(O)C(O)C2O)C(O)C(CC2C(CO)C(=O)NC2C(c2cnc[nH]2)C(O)CC(N)O)C14C. The number of carboxylic acids is 1. The topological polar surface area (TPSA) is 362 Å². The Kier molecular flexibility index (Phi) is 13.6. The summed E-state index contributed by atoms with van der Waals surface area (Å²) < 4.78 is 12.6. The number of aromatic nitrogens is 4. The molecule has 21 heteroatoms. The maximum atomic E-state index is 14.5. The van der Waals surface area contributed by atoms with Crippen LogP contribution in [-0.2, 0) is 25.5 Å². The van der Waals surface area contributed by atoms with E-state index >= 15 is 0 Å². The lowest BCUT2D eigenvalue weighted by Crippen LogP contribution is -2.79. The summed E-state index contributed by atoms with van der Waals surface area (Å²) in [6.45, 7) is 7.54. The highest BCUT2D eigenvalue weighted by molar-refractivity contribution is 5.82. The number of carbonyl (C=O) groups excluding carboxylic acids is 1. The monoisotopic (exact) mass is 1070 g/mol. The molecule has 21 nitrogen and oxygen atoms in total. The standard InChI is InChI=1S/C55H83N7O14/c1-49(22-64)12-13-54(48(73)74)31(17-49)28-6-11-53-8-5-9-55(28,29-15-33-45(61-25-60-33)58-18-32(29)54)51(53,3)10-7-37-50(2,23-65)44(76-47-43(71)42(70)36(67)21-75-47)41(69)30(52(37,53)4)14-26-27(20-63)46(72)62-40(26)39(34-19-57-24-59-34)35(66)16-38(56)68/h6,19,24-27,29-32,35-44,47,58,63-71H,5,7-18,20-23,56H2,1-4H3,(H,57,59)(H,60,61)(H,62,72)(H,73,74). The average Bonchev–Trinajstić information content (AvgIpc) is 4.00. The minimum atomic E-state index is -1.72. The number of allylic oxidation sites excluding steroid dienone is 2. The molecule has 2 aromatic rings. The number of amides is 1. The lowest BCUT2D eigenvalue weighted by molar-refractivity contribution is -0.362. The van der Waals surface area contributed by atoms with Crippen molar-refractivity contribution in [3.63, 3.8) is 0 Å². The van der Waals surface area contributed by atoms with Gasteiger partial charge in [-0.15, -0.1) is 0 Å². The van der Waals surface area contributed by atoms with Crippen molar-refractivity contribution >= 4 is 17.7 Å². The van der Waals surface area contributed by atoms with Crippen molar-refractivity contribution in [3.8, 4) is 0 Å². The summed E-state index contributed by atoms with van der Waals surface area (Å²) in [5.74, 6) is -5.47. The van der Waals surface area contributed by atoms with Crippen molar-refractivity contribution in [1.29, 1.82) is 0 Å². The fraction of sp³-hybridized carbons (Fsp3) is 0.818. The predicted octanol–water partition coefficient (Wildman–Crippen LogP) is 0.865. The Morgan fingerprint density at radius 2 is 1.74 bits per heavy atom. The van der Waals surface area contributed by atoms with Gasteiger partial charge in [0.2, 0.25) is 5.91 Å². The average molecular weight is 1070 g/mol. The van der Waals surface area contributed by atoms with Crippen molar-refractivity contribution < 1.29 is 70.1 Å². The zero-order chi connectivity index (χ0) is 54.3. The van der Waals surface area contributed by atoms with E-state index in [1.165, 1.54) is 12.5 Å². The first-order valence-electron chi connectivity index (χ1n) is 28.0. The van der Waals surface area contributed by atoms with Gasteiger partial charge in [-0.1, -0.05) is 45.8 Å². The van der Waals surface area contributed by atoms with Crippen LogP contribution in [0.5, 0.6) is 0 Å². The number of aliphatic carboxylic acids is 1. The van der Waals surface area contributed by atoms with Crippen LogP contribution < -0.4 is 16.4 Å². The summed E-state index contributed by atoms with van der Waals surface area (Å²) in [7, 11) is 0. The molecule has 2 bridgehead atoms. The Hall–Kier alpha value is -3.58. The Labute approximate surface area is 442 Å². The molecule has 5 heterocycles. The number of anilines is 1. The summed E-state index contributed by atoms with van der Waals surface area (Å²) in [5, 5.41) is 122. The number of nitrogens with two attached hydrogens (primary N) is 1. The largest absolute Gasteiger partial charge is 0.481 e. The summed E-state index contributed by atoms with van der Waals surface area (Å²) in [6, 6.07) is -0.890. The molecule has 9 aliphatic rings. The molecule has 24 atom stereocenters. The fourth-order valence-electron chi connectivity index (χ4n) is 20.2. The molecule has 0 radical (unpaired) electrons. The molecule has 1 spiro atoms. The van der Waals surface area contributed by atoms with Gasteiger partial charge in [-0.3, -0.25) is 9.59 Å². The summed E-state index contributed by atoms with van der Waals surface area (Å²) in [4.78, 5) is 44.3. The molecule has 6 aliphatic carbocycles. The molecule has 16 N–H and O–H groups in total. The van der Waals surface area contributed by atoms with Crippen LogP contribution in [-0.4, -0.2) is 171 Å². The third-order valence-corrected chi connectivity index (χ3v) is 23.6. The number of hydrogen-bond donors (Lipinski definition) is 15. The molecule has 1 amide bonds. The molecule has 0 aromatic carbocycles. The first-order valence-corrected chi connectivity index (χ1v) is 28.0. The lowest BCUT2D eigenvalue weighted by Gasteiger charge is -2.82. The van der Waals surface area contributed by atoms with Gasteiger partial charge in [-0.2, -0.15) is 0 Å². The van der Waals surface area contributed by atoms with Gasteiger partial charge in [0, 0.05) is 54.3 Å². The third-order valence-electron chi connectivity index (χ3n) is 23.6. The second-order valence-electron chi connectivity index (χ2n) is 26.3. The lowest BCUT2D eigenvalue weighted by atomic mass is 9.22. The van der Waals surface area contributed by atoms with Crippen molar-refractivity contribution in [1.82, 2.24) is 25.3 Å².